The van der Waals surface area contributed by atoms with Crippen LogP contribution in [-0.4, -0.2) is 33.8 Å². The molecule has 4 heteroatoms. The van der Waals surface area contributed by atoms with E-state index in [4.69, 9.17) is 10.2 Å². The zero-order chi connectivity index (χ0) is 9.40. The molecule has 2 N–H and O–H groups in total. The molecule has 0 aliphatic carbocycles. The largest absolute Gasteiger partial charge is 0.480 e. The van der Waals surface area contributed by atoms with Crippen molar-refractivity contribution in [1.29, 1.82) is 0 Å². The fraction of sp³-hybridized carbons (Fsp3) is 0.875. The van der Waals surface area contributed by atoms with Gasteiger partial charge in [0.05, 0.1) is 0 Å². The number of carboxylic acids is 1. The van der Waals surface area contributed by atoms with Crippen LogP contribution < -0.4 is 0 Å². The lowest BCUT2D eigenvalue weighted by Crippen LogP contribution is -2.15. The molecule has 3 nitrogen and oxygen atoms in total. The minimum atomic E-state index is -0.730. The molecule has 0 amide bonds. The number of carbonyl (C=O) groups is 1. The van der Waals surface area contributed by atoms with Crippen LogP contribution in [0.4, 0.5) is 0 Å². The number of hydrogen-bond donors (Lipinski definition) is 2. The standard InChI is InChI=1S/C8H16O3S/c1-2-7(8(10)11)12-6-4-3-5-9/h7,9H,2-6H2,1H3,(H,10,11). The van der Waals surface area contributed by atoms with Crippen molar-refractivity contribution >= 4 is 17.7 Å². The van der Waals surface area contributed by atoms with Gasteiger partial charge in [-0.2, -0.15) is 0 Å². The smallest absolute Gasteiger partial charge is 0.316 e. The first-order valence-electron chi connectivity index (χ1n) is 4.17. The monoisotopic (exact) mass is 192 g/mol. The van der Waals surface area contributed by atoms with E-state index in [1.54, 1.807) is 0 Å². The van der Waals surface area contributed by atoms with Gasteiger partial charge in [-0.25, -0.2) is 0 Å². The molecule has 0 rings (SSSR count). The zero-order valence-electron chi connectivity index (χ0n) is 7.32. The third-order valence-electron chi connectivity index (χ3n) is 1.52. The van der Waals surface area contributed by atoms with Crippen molar-refractivity contribution in [2.24, 2.45) is 0 Å². The first kappa shape index (κ1) is 11.8. The second kappa shape index (κ2) is 7.43. The molecule has 0 saturated carbocycles. The number of aliphatic carboxylic acids is 1. The van der Waals surface area contributed by atoms with Gasteiger partial charge in [-0.1, -0.05) is 6.92 Å². The summed E-state index contributed by atoms with van der Waals surface area (Å²) in [6.45, 7) is 2.07. The van der Waals surface area contributed by atoms with E-state index >= 15 is 0 Å². The molecule has 1 unspecified atom stereocenters. The van der Waals surface area contributed by atoms with E-state index in [9.17, 15) is 4.79 Å². The Labute approximate surface area is 77.2 Å². The summed E-state index contributed by atoms with van der Waals surface area (Å²) in [7, 11) is 0. The van der Waals surface area contributed by atoms with Crippen molar-refractivity contribution in [3.8, 4) is 0 Å². The van der Waals surface area contributed by atoms with Crippen molar-refractivity contribution < 1.29 is 15.0 Å². The summed E-state index contributed by atoms with van der Waals surface area (Å²) in [6.07, 6.45) is 2.33. The Morgan fingerprint density at radius 1 is 1.50 bits per heavy atom. The molecule has 72 valence electrons. The molecule has 0 aromatic rings. The summed E-state index contributed by atoms with van der Waals surface area (Å²) < 4.78 is 0. The first-order valence-corrected chi connectivity index (χ1v) is 5.22. The Hall–Kier alpha value is -0.220. The molecule has 0 aromatic carbocycles. The summed E-state index contributed by atoms with van der Waals surface area (Å²) in [5.74, 6) is 0.0947. The lowest BCUT2D eigenvalue weighted by atomic mass is 10.3. The SMILES string of the molecule is CCC(SCCCCO)C(=O)O. The fourth-order valence-corrected chi connectivity index (χ4v) is 1.84. The Morgan fingerprint density at radius 3 is 2.58 bits per heavy atom. The van der Waals surface area contributed by atoms with Crippen molar-refractivity contribution in [1.82, 2.24) is 0 Å². The Bertz CT molecular complexity index is 127. The molecule has 0 aromatic heterocycles. The molecular formula is C8H16O3S. The van der Waals surface area contributed by atoms with Gasteiger partial charge in [0.15, 0.2) is 0 Å². The highest BCUT2D eigenvalue weighted by Gasteiger charge is 2.14. The highest BCUT2D eigenvalue weighted by atomic mass is 32.2. The highest BCUT2D eigenvalue weighted by molar-refractivity contribution is 8.00. The van der Waals surface area contributed by atoms with Gasteiger partial charge in [0.25, 0.3) is 0 Å². The average molecular weight is 192 g/mol. The van der Waals surface area contributed by atoms with Crippen LogP contribution in [0.15, 0.2) is 0 Å². The molecule has 0 radical (unpaired) electrons. The second-order valence-electron chi connectivity index (χ2n) is 2.54. The topological polar surface area (TPSA) is 57.5 Å². The third-order valence-corrected chi connectivity index (χ3v) is 2.98. The summed E-state index contributed by atoms with van der Waals surface area (Å²) in [6, 6.07) is 0. The minimum Gasteiger partial charge on any atom is -0.480 e. The maximum atomic E-state index is 10.5. The molecule has 0 bridgehead atoms. The van der Waals surface area contributed by atoms with E-state index in [-0.39, 0.29) is 11.9 Å². The van der Waals surface area contributed by atoms with Gasteiger partial charge in [0, 0.05) is 6.61 Å². The number of aliphatic hydroxyl groups excluding tert-OH is 1. The van der Waals surface area contributed by atoms with E-state index in [2.05, 4.69) is 0 Å². The second-order valence-corrected chi connectivity index (χ2v) is 3.85. The predicted molar refractivity (Wildman–Crippen MR) is 50.5 cm³/mol. The molecule has 0 heterocycles. The normalized spacial score (nSPS) is 12.8. The van der Waals surface area contributed by atoms with Crippen molar-refractivity contribution in [2.75, 3.05) is 12.4 Å². The van der Waals surface area contributed by atoms with Crippen LogP contribution in [0.1, 0.15) is 26.2 Å². The first-order chi connectivity index (χ1) is 5.72. The minimum absolute atomic E-state index is 0.199. The van der Waals surface area contributed by atoms with Crippen LogP contribution in [0.5, 0.6) is 0 Å². The molecule has 0 aliphatic heterocycles. The number of aliphatic hydroxyl groups is 1. The van der Waals surface area contributed by atoms with Crippen molar-refractivity contribution in [2.45, 2.75) is 31.4 Å². The summed E-state index contributed by atoms with van der Waals surface area (Å²) >= 11 is 1.46. The predicted octanol–water partition coefficient (Wildman–Crippen LogP) is 1.36. The van der Waals surface area contributed by atoms with Gasteiger partial charge in [0.2, 0.25) is 0 Å². The van der Waals surface area contributed by atoms with E-state index in [0.29, 0.717) is 6.42 Å². The van der Waals surface area contributed by atoms with Crippen molar-refractivity contribution in [3.05, 3.63) is 0 Å². The molecule has 12 heavy (non-hydrogen) atoms. The van der Waals surface area contributed by atoms with Crippen LogP contribution in [0.2, 0.25) is 0 Å². The van der Waals surface area contributed by atoms with Crippen molar-refractivity contribution in [3.63, 3.8) is 0 Å². The van der Waals surface area contributed by atoms with Crippen LogP contribution >= 0.6 is 11.8 Å². The lowest BCUT2D eigenvalue weighted by Gasteiger charge is -2.07. The number of hydrogen-bond acceptors (Lipinski definition) is 3. The molecule has 1 atom stereocenters. The molecule has 0 fully saturated rings. The number of rotatable bonds is 7. The summed E-state index contributed by atoms with van der Waals surface area (Å²) in [4.78, 5) is 10.5. The van der Waals surface area contributed by atoms with Crippen LogP contribution in [0.3, 0.4) is 0 Å². The number of thioether (sulfide) groups is 1. The van der Waals surface area contributed by atoms with Gasteiger partial charge >= 0.3 is 5.97 Å². The highest BCUT2D eigenvalue weighted by Crippen LogP contribution is 2.16. The van der Waals surface area contributed by atoms with Gasteiger partial charge in [0.1, 0.15) is 5.25 Å². The Morgan fingerprint density at radius 2 is 2.17 bits per heavy atom. The van der Waals surface area contributed by atoms with Crippen LogP contribution in [-0.2, 0) is 4.79 Å². The average Bonchev–Trinajstić information content (AvgIpc) is 2.04. The molecule has 0 spiro atoms. The van der Waals surface area contributed by atoms with Crippen LogP contribution in [0, 0.1) is 0 Å². The van der Waals surface area contributed by atoms with Gasteiger partial charge in [-0.15, -0.1) is 11.8 Å². The maximum Gasteiger partial charge on any atom is 0.316 e. The van der Waals surface area contributed by atoms with E-state index in [0.717, 1.165) is 18.6 Å². The summed E-state index contributed by atoms with van der Waals surface area (Å²) in [5.41, 5.74) is 0. The number of carboxylic acid groups (broad SMARTS) is 1. The maximum absolute atomic E-state index is 10.5. The van der Waals surface area contributed by atoms with E-state index in [1.165, 1.54) is 11.8 Å². The Balaban J connectivity index is 3.38. The molecule has 0 saturated heterocycles. The summed E-state index contributed by atoms with van der Waals surface area (Å²) in [5, 5.41) is 16.9. The Kier molecular flexibility index (Phi) is 7.29. The van der Waals surface area contributed by atoms with Gasteiger partial charge < -0.3 is 10.2 Å². The van der Waals surface area contributed by atoms with Gasteiger partial charge in [-0.05, 0) is 25.0 Å². The third kappa shape index (κ3) is 5.43. The van der Waals surface area contributed by atoms with E-state index < -0.39 is 5.97 Å². The van der Waals surface area contributed by atoms with Crippen LogP contribution in [0.25, 0.3) is 0 Å². The fourth-order valence-electron chi connectivity index (χ4n) is 0.803. The molecule has 0 aliphatic rings. The lowest BCUT2D eigenvalue weighted by molar-refractivity contribution is -0.136. The molecular weight excluding hydrogens is 176 g/mol. The quantitative estimate of drug-likeness (QED) is 0.598. The van der Waals surface area contributed by atoms with Gasteiger partial charge in [-0.3, -0.25) is 4.79 Å². The van der Waals surface area contributed by atoms with E-state index in [1.807, 2.05) is 6.92 Å². The number of unbranched alkanes of at least 4 members (excludes halogenated alkanes) is 1. The zero-order valence-corrected chi connectivity index (χ0v) is 8.14.